The first-order chi connectivity index (χ1) is 8.22. The Labute approximate surface area is 112 Å². The predicted molar refractivity (Wildman–Crippen MR) is 72.4 cm³/mol. The smallest absolute Gasteiger partial charge is 0.302 e. The number of hydrogen-bond donors (Lipinski definition) is 0. The number of benzene rings is 1. The van der Waals surface area contributed by atoms with Crippen LogP contribution in [0.25, 0.3) is 10.2 Å². The molecule has 0 saturated heterocycles. The molecule has 0 bridgehead atoms. The molecular formula is C11H12ClNO2S2. The maximum absolute atomic E-state index is 11.9. The van der Waals surface area contributed by atoms with Crippen LogP contribution in [0.3, 0.4) is 0 Å². The molecule has 0 aliphatic rings. The van der Waals surface area contributed by atoms with Crippen LogP contribution in [-0.4, -0.2) is 28.5 Å². The van der Waals surface area contributed by atoms with Crippen LogP contribution in [0.4, 0.5) is 0 Å². The van der Waals surface area contributed by atoms with E-state index in [9.17, 15) is 4.55 Å². The van der Waals surface area contributed by atoms with E-state index < -0.39 is 11.2 Å². The van der Waals surface area contributed by atoms with Crippen LogP contribution in [0.2, 0.25) is 5.02 Å². The summed E-state index contributed by atoms with van der Waals surface area (Å²) >= 11 is 6.34. The number of hydrogen-bond acceptors (Lipinski definition) is 4. The fraction of sp³-hybridized carbons (Fsp3) is 0.364. The fourth-order valence-electron chi connectivity index (χ4n) is 1.36. The number of nitrogens with zero attached hydrogens (tertiary/aromatic N) is 1. The molecule has 0 saturated carbocycles. The van der Waals surface area contributed by atoms with Gasteiger partial charge in [-0.05, 0) is 19.1 Å². The Balaban J connectivity index is 2.16. The highest BCUT2D eigenvalue weighted by Crippen LogP contribution is 2.31. The zero-order chi connectivity index (χ0) is 12.3. The Kier molecular flexibility index (Phi) is 4.64. The molecule has 92 valence electrons. The van der Waals surface area contributed by atoms with E-state index in [1.807, 2.05) is 25.1 Å². The second kappa shape index (κ2) is 6.02. The van der Waals surface area contributed by atoms with Gasteiger partial charge in [-0.25, -0.2) is 0 Å². The van der Waals surface area contributed by atoms with E-state index in [0.717, 1.165) is 10.2 Å². The zero-order valence-electron chi connectivity index (χ0n) is 9.31. The first kappa shape index (κ1) is 13.1. The van der Waals surface area contributed by atoms with Gasteiger partial charge in [0.2, 0.25) is 0 Å². The standard InChI is InChI=1S/C11H12ClNO2S2/c1-2-15-6-7-17(14)11-13-9-5-3-4-8(12)10(9)16-11/h3-5H,2,6-7H2,1H3. The molecule has 1 atom stereocenters. The van der Waals surface area contributed by atoms with Crippen molar-refractivity contribution in [3.05, 3.63) is 23.2 Å². The van der Waals surface area contributed by atoms with Crippen molar-refractivity contribution in [2.45, 2.75) is 11.3 Å². The molecule has 1 aromatic carbocycles. The molecule has 0 N–H and O–H groups in total. The van der Waals surface area contributed by atoms with Gasteiger partial charge in [0, 0.05) is 17.8 Å². The van der Waals surface area contributed by atoms with Crippen LogP contribution >= 0.6 is 22.9 Å². The Bertz CT molecular complexity index is 503. The molecule has 0 aliphatic carbocycles. The van der Waals surface area contributed by atoms with E-state index >= 15 is 0 Å². The predicted octanol–water partition coefficient (Wildman–Crippen LogP) is 3.09. The lowest BCUT2D eigenvalue weighted by Crippen LogP contribution is -2.12. The van der Waals surface area contributed by atoms with Gasteiger partial charge in [0.05, 0.1) is 21.8 Å². The van der Waals surface area contributed by atoms with Gasteiger partial charge in [-0.15, -0.1) is 0 Å². The van der Waals surface area contributed by atoms with E-state index in [1.165, 1.54) is 11.3 Å². The average molecular weight is 290 g/mol. The minimum atomic E-state index is -1.10. The maximum Gasteiger partial charge on any atom is 0.302 e. The Morgan fingerprint density at radius 1 is 1.53 bits per heavy atom. The molecule has 2 rings (SSSR count). The van der Waals surface area contributed by atoms with Crippen molar-refractivity contribution < 1.29 is 9.29 Å². The second-order valence-corrected chi connectivity index (χ2v) is 6.47. The van der Waals surface area contributed by atoms with Gasteiger partial charge in [0.1, 0.15) is 5.75 Å². The SMILES string of the molecule is CCOCC[S+]([O-])c1nc2cccc(Cl)c2s1. The molecule has 0 spiro atoms. The quantitative estimate of drug-likeness (QED) is 0.628. The summed E-state index contributed by atoms with van der Waals surface area (Å²) < 4.78 is 18.6. The van der Waals surface area contributed by atoms with Crippen molar-refractivity contribution in [2.24, 2.45) is 0 Å². The molecule has 1 heterocycles. The highest BCUT2D eigenvalue weighted by Gasteiger charge is 2.17. The largest absolute Gasteiger partial charge is 0.609 e. The van der Waals surface area contributed by atoms with Crippen LogP contribution in [-0.2, 0) is 15.9 Å². The average Bonchev–Trinajstić information content (AvgIpc) is 2.75. The molecule has 1 unspecified atom stereocenters. The van der Waals surface area contributed by atoms with Gasteiger partial charge >= 0.3 is 4.34 Å². The third kappa shape index (κ3) is 3.11. The first-order valence-electron chi connectivity index (χ1n) is 5.23. The molecule has 2 aromatic rings. The summed E-state index contributed by atoms with van der Waals surface area (Å²) in [4.78, 5) is 4.33. The summed E-state index contributed by atoms with van der Waals surface area (Å²) in [6.07, 6.45) is 0. The summed E-state index contributed by atoms with van der Waals surface area (Å²) in [7, 11) is 0. The molecular weight excluding hydrogens is 278 g/mol. The van der Waals surface area contributed by atoms with E-state index in [1.54, 1.807) is 0 Å². The number of aromatic nitrogens is 1. The fourth-order valence-corrected chi connectivity index (χ4v) is 3.86. The van der Waals surface area contributed by atoms with Gasteiger partial charge in [-0.2, -0.15) is 4.98 Å². The summed E-state index contributed by atoms with van der Waals surface area (Å²) in [5.41, 5.74) is 0.808. The molecule has 0 amide bonds. The van der Waals surface area contributed by atoms with Crippen LogP contribution in [0.15, 0.2) is 22.5 Å². The molecule has 0 aliphatic heterocycles. The Morgan fingerprint density at radius 3 is 3.06 bits per heavy atom. The van der Waals surface area contributed by atoms with Gasteiger partial charge < -0.3 is 9.29 Å². The van der Waals surface area contributed by atoms with Crippen LogP contribution in [0.5, 0.6) is 0 Å². The number of thiazole rings is 1. The lowest BCUT2D eigenvalue weighted by Gasteiger charge is -2.05. The highest BCUT2D eigenvalue weighted by atomic mass is 35.5. The van der Waals surface area contributed by atoms with E-state index in [0.29, 0.717) is 28.3 Å². The topological polar surface area (TPSA) is 45.2 Å². The molecule has 0 fully saturated rings. The Morgan fingerprint density at radius 2 is 2.35 bits per heavy atom. The summed E-state index contributed by atoms with van der Waals surface area (Å²) in [5.74, 6) is 0.477. The van der Waals surface area contributed by atoms with Crippen LogP contribution in [0, 0.1) is 0 Å². The third-order valence-corrected chi connectivity index (χ3v) is 5.31. The lowest BCUT2D eigenvalue weighted by atomic mass is 10.3. The van der Waals surface area contributed by atoms with Crippen molar-refractivity contribution in [2.75, 3.05) is 19.0 Å². The van der Waals surface area contributed by atoms with Gasteiger partial charge in [0.25, 0.3) is 0 Å². The van der Waals surface area contributed by atoms with Gasteiger partial charge in [-0.1, -0.05) is 29.0 Å². The van der Waals surface area contributed by atoms with Crippen molar-refractivity contribution in [3.8, 4) is 0 Å². The second-order valence-electron chi connectivity index (χ2n) is 3.31. The third-order valence-electron chi connectivity index (χ3n) is 2.16. The number of fused-ring (bicyclic) bond motifs is 1. The summed E-state index contributed by atoms with van der Waals surface area (Å²) in [6, 6.07) is 5.53. The molecule has 3 nitrogen and oxygen atoms in total. The van der Waals surface area contributed by atoms with E-state index in [4.69, 9.17) is 16.3 Å². The Hall–Kier alpha value is -0.330. The van der Waals surface area contributed by atoms with Gasteiger partial charge in [-0.3, -0.25) is 0 Å². The highest BCUT2D eigenvalue weighted by molar-refractivity contribution is 7.93. The molecule has 17 heavy (non-hydrogen) atoms. The van der Waals surface area contributed by atoms with Crippen molar-refractivity contribution in [3.63, 3.8) is 0 Å². The molecule has 6 heteroatoms. The van der Waals surface area contributed by atoms with Crippen LogP contribution < -0.4 is 0 Å². The van der Waals surface area contributed by atoms with Crippen LogP contribution in [0.1, 0.15) is 6.92 Å². The summed E-state index contributed by atoms with van der Waals surface area (Å²) in [5, 5.41) is 0.660. The van der Waals surface area contributed by atoms with Gasteiger partial charge in [0.15, 0.2) is 0 Å². The summed E-state index contributed by atoms with van der Waals surface area (Å²) in [6.45, 7) is 3.05. The minimum Gasteiger partial charge on any atom is -0.609 e. The van der Waals surface area contributed by atoms with Crippen molar-refractivity contribution >= 4 is 44.3 Å². The lowest BCUT2D eigenvalue weighted by molar-refractivity contribution is 0.163. The normalized spacial score (nSPS) is 13.1. The van der Waals surface area contributed by atoms with Crippen molar-refractivity contribution in [1.82, 2.24) is 4.98 Å². The number of halogens is 1. The van der Waals surface area contributed by atoms with E-state index in [-0.39, 0.29) is 0 Å². The van der Waals surface area contributed by atoms with E-state index in [2.05, 4.69) is 4.98 Å². The van der Waals surface area contributed by atoms with Crippen molar-refractivity contribution in [1.29, 1.82) is 0 Å². The number of ether oxygens (including phenoxy) is 1. The molecule has 0 radical (unpaired) electrons. The zero-order valence-corrected chi connectivity index (χ0v) is 11.7. The molecule has 1 aromatic heterocycles. The number of rotatable bonds is 5. The first-order valence-corrected chi connectivity index (χ1v) is 7.75. The minimum absolute atomic E-state index is 0.477. The maximum atomic E-state index is 11.9. The monoisotopic (exact) mass is 289 g/mol.